The van der Waals surface area contributed by atoms with E-state index >= 15 is 0 Å². The van der Waals surface area contributed by atoms with E-state index in [0.717, 1.165) is 55.0 Å². The molecule has 1 saturated heterocycles. The number of carbonyl (C=O) groups is 1. The van der Waals surface area contributed by atoms with Gasteiger partial charge in [-0.2, -0.15) is 0 Å². The Morgan fingerprint density at radius 1 is 1.00 bits per heavy atom. The van der Waals surface area contributed by atoms with Crippen molar-refractivity contribution >= 4 is 16.9 Å². The first-order valence-corrected chi connectivity index (χ1v) is 11.0. The zero-order valence-corrected chi connectivity index (χ0v) is 17.8. The van der Waals surface area contributed by atoms with E-state index in [0.29, 0.717) is 19.4 Å². The SMILES string of the molecule is NC(=O)C(Cc1ccccc1)CC(O)CN1CCN(Cc2cc3ccccc3o2)CC1. The largest absolute Gasteiger partial charge is 0.460 e. The normalized spacial score (nSPS) is 17.6. The number of aliphatic hydroxyl groups is 1. The van der Waals surface area contributed by atoms with Crippen LogP contribution in [0.2, 0.25) is 0 Å². The molecule has 0 aliphatic carbocycles. The molecule has 1 amide bonds. The highest BCUT2D eigenvalue weighted by atomic mass is 16.3. The molecule has 0 bridgehead atoms. The van der Waals surface area contributed by atoms with Crippen molar-refractivity contribution in [3.05, 3.63) is 72.0 Å². The van der Waals surface area contributed by atoms with Gasteiger partial charge in [0.25, 0.3) is 0 Å². The second-order valence-electron chi connectivity index (χ2n) is 8.51. The highest BCUT2D eigenvalue weighted by Crippen LogP contribution is 2.21. The standard InChI is InChI=1S/C25H31N3O3/c26-25(30)21(14-19-6-2-1-3-7-19)15-22(29)17-27-10-12-28(13-11-27)18-23-16-20-8-4-5-9-24(20)31-23/h1-9,16,21-22,29H,10-15,17-18H2,(H2,26,30). The third-order valence-corrected chi connectivity index (χ3v) is 6.07. The number of benzene rings is 2. The van der Waals surface area contributed by atoms with E-state index in [-0.39, 0.29) is 11.8 Å². The van der Waals surface area contributed by atoms with Crippen LogP contribution in [0.4, 0.5) is 0 Å². The van der Waals surface area contributed by atoms with Crippen LogP contribution in [-0.2, 0) is 17.8 Å². The van der Waals surface area contributed by atoms with Crippen LogP contribution in [-0.4, -0.2) is 59.6 Å². The first-order valence-electron chi connectivity index (χ1n) is 11.0. The van der Waals surface area contributed by atoms with Crippen molar-refractivity contribution < 1.29 is 14.3 Å². The fraction of sp³-hybridized carbons (Fsp3) is 0.400. The lowest BCUT2D eigenvalue weighted by molar-refractivity contribution is -0.122. The smallest absolute Gasteiger partial charge is 0.220 e. The summed E-state index contributed by atoms with van der Waals surface area (Å²) in [5.41, 5.74) is 7.60. The highest BCUT2D eigenvalue weighted by Gasteiger charge is 2.24. The molecule has 164 valence electrons. The van der Waals surface area contributed by atoms with Crippen molar-refractivity contribution in [1.29, 1.82) is 0 Å². The predicted molar refractivity (Wildman–Crippen MR) is 121 cm³/mol. The van der Waals surface area contributed by atoms with E-state index in [9.17, 15) is 9.90 Å². The highest BCUT2D eigenvalue weighted by molar-refractivity contribution is 5.77. The molecule has 2 atom stereocenters. The number of nitrogens with two attached hydrogens (primary N) is 1. The van der Waals surface area contributed by atoms with Crippen molar-refractivity contribution in [1.82, 2.24) is 9.80 Å². The molecule has 1 aliphatic rings. The van der Waals surface area contributed by atoms with Gasteiger partial charge in [-0.05, 0) is 30.5 Å². The van der Waals surface area contributed by atoms with Gasteiger partial charge in [0.05, 0.1) is 12.6 Å². The van der Waals surface area contributed by atoms with Crippen LogP contribution in [0.3, 0.4) is 0 Å². The van der Waals surface area contributed by atoms with Gasteiger partial charge in [-0.15, -0.1) is 0 Å². The first-order chi connectivity index (χ1) is 15.1. The van der Waals surface area contributed by atoms with Gasteiger partial charge in [-0.25, -0.2) is 0 Å². The average molecular weight is 422 g/mol. The molecule has 3 aromatic rings. The zero-order chi connectivity index (χ0) is 21.6. The van der Waals surface area contributed by atoms with Gasteiger partial charge in [0.15, 0.2) is 0 Å². The minimum absolute atomic E-state index is 0.349. The Morgan fingerprint density at radius 3 is 2.39 bits per heavy atom. The van der Waals surface area contributed by atoms with Gasteiger partial charge in [0, 0.05) is 44.0 Å². The quantitative estimate of drug-likeness (QED) is 0.555. The van der Waals surface area contributed by atoms with Crippen LogP contribution in [0, 0.1) is 5.92 Å². The van der Waals surface area contributed by atoms with Crippen LogP contribution in [0.1, 0.15) is 17.7 Å². The lowest BCUT2D eigenvalue weighted by Crippen LogP contribution is -2.48. The van der Waals surface area contributed by atoms with E-state index in [1.54, 1.807) is 0 Å². The van der Waals surface area contributed by atoms with Crippen molar-refractivity contribution in [2.24, 2.45) is 11.7 Å². The molecular formula is C25H31N3O3. The van der Waals surface area contributed by atoms with Gasteiger partial charge in [-0.1, -0.05) is 48.5 Å². The van der Waals surface area contributed by atoms with Crippen molar-refractivity contribution in [3.8, 4) is 0 Å². The van der Waals surface area contributed by atoms with E-state index in [4.69, 9.17) is 10.2 Å². The minimum Gasteiger partial charge on any atom is -0.460 e. The van der Waals surface area contributed by atoms with Crippen molar-refractivity contribution in [2.75, 3.05) is 32.7 Å². The predicted octanol–water partition coefficient (Wildman–Crippen LogP) is 2.65. The minimum atomic E-state index is -0.567. The summed E-state index contributed by atoms with van der Waals surface area (Å²) in [6, 6.07) is 20.0. The number of rotatable bonds is 9. The van der Waals surface area contributed by atoms with Crippen LogP contribution < -0.4 is 5.73 Å². The molecule has 2 heterocycles. The number of fused-ring (bicyclic) bond motifs is 1. The number of nitrogens with zero attached hydrogens (tertiary/aromatic N) is 2. The van der Waals surface area contributed by atoms with Gasteiger partial charge in [0.2, 0.25) is 5.91 Å². The van der Waals surface area contributed by atoms with Crippen LogP contribution in [0.15, 0.2) is 65.1 Å². The molecule has 3 N–H and O–H groups in total. The summed E-state index contributed by atoms with van der Waals surface area (Å²) in [6.45, 7) is 4.98. The third kappa shape index (κ3) is 5.94. The number of piperazine rings is 1. The molecule has 31 heavy (non-hydrogen) atoms. The van der Waals surface area contributed by atoms with Crippen molar-refractivity contribution in [3.63, 3.8) is 0 Å². The fourth-order valence-corrected chi connectivity index (χ4v) is 4.36. The van der Waals surface area contributed by atoms with Crippen LogP contribution >= 0.6 is 0 Å². The molecule has 6 nitrogen and oxygen atoms in total. The summed E-state index contributed by atoms with van der Waals surface area (Å²) in [7, 11) is 0. The second kappa shape index (κ2) is 10.1. The Bertz CT molecular complexity index is 947. The fourth-order valence-electron chi connectivity index (χ4n) is 4.36. The third-order valence-electron chi connectivity index (χ3n) is 6.07. The lowest BCUT2D eigenvalue weighted by Gasteiger charge is -2.35. The van der Waals surface area contributed by atoms with E-state index < -0.39 is 6.10 Å². The van der Waals surface area contributed by atoms with Gasteiger partial charge >= 0.3 is 0 Å². The summed E-state index contributed by atoms with van der Waals surface area (Å²) in [4.78, 5) is 16.5. The number of primary amides is 1. The Hall–Kier alpha value is -2.67. The summed E-state index contributed by atoms with van der Waals surface area (Å²) >= 11 is 0. The summed E-state index contributed by atoms with van der Waals surface area (Å²) < 4.78 is 5.94. The number of para-hydroxylation sites is 1. The average Bonchev–Trinajstić information content (AvgIpc) is 3.17. The van der Waals surface area contributed by atoms with Gasteiger partial charge < -0.3 is 15.3 Å². The maximum absolute atomic E-state index is 11.9. The molecule has 6 heteroatoms. The summed E-state index contributed by atoms with van der Waals surface area (Å²) in [6.07, 6.45) is 0.394. The number of amides is 1. The number of hydrogen-bond acceptors (Lipinski definition) is 5. The molecule has 2 unspecified atom stereocenters. The van der Waals surface area contributed by atoms with Gasteiger partial charge in [-0.3, -0.25) is 14.6 Å². The first kappa shape index (κ1) is 21.6. The maximum Gasteiger partial charge on any atom is 0.220 e. The van der Waals surface area contributed by atoms with Crippen LogP contribution in [0.5, 0.6) is 0 Å². The Morgan fingerprint density at radius 2 is 1.68 bits per heavy atom. The molecule has 0 saturated carbocycles. The Kier molecular flexibility index (Phi) is 7.02. The second-order valence-corrected chi connectivity index (χ2v) is 8.51. The number of β-amino-alcohol motifs (C(OH)–C–C–N with tert-alkyl or cyclic N) is 1. The summed E-state index contributed by atoms with van der Waals surface area (Å²) in [5.74, 6) is 0.283. The molecule has 1 aromatic heterocycles. The molecule has 1 fully saturated rings. The molecular weight excluding hydrogens is 390 g/mol. The number of carbonyl (C=O) groups excluding carboxylic acids is 1. The number of hydrogen-bond donors (Lipinski definition) is 2. The van der Waals surface area contributed by atoms with E-state index in [1.165, 1.54) is 0 Å². The molecule has 4 rings (SSSR count). The Balaban J connectivity index is 1.23. The maximum atomic E-state index is 11.9. The monoisotopic (exact) mass is 421 g/mol. The molecule has 0 radical (unpaired) electrons. The van der Waals surface area contributed by atoms with Crippen LogP contribution in [0.25, 0.3) is 11.0 Å². The van der Waals surface area contributed by atoms with Crippen molar-refractivity contribution in [2.45, 2.75) is 25.5 Å². The topological polar surface area (TPSA) is 82.9 Å². The zero-order valence-electron chi connectivity index (χ0n) is 17.8. The number of furan rings is 1. The lowest BCUT2D eigenvalue weighted by atomic mass is 9.93. The molecule has 2 aromatic carbocycles. The summed E-state index contributed by atoms with van der Waals surface area (Å²) in [5, 5.41) is 11.7. The molecule has 1 aliphatic heterocycles. The molecule has 0 spiro atoms. The van der Waals surface area contributed by atoms with E-state index in [1.807, 2.05) is 48.5 Å². The number of aliphatic hydroxyl groups excluding tert-OH is 1. The van der Waals surface area contributed by atoms with Gasteiger partial charge in [0.1, 0.15) is 11.3 Å². The van der Waals surface area contributed by atoms with E-state index in [2.05, 4.69) is 21.9 Å². The Labute approximate surface area is 183 Å².